The Morgan fingerprint density at radius 3 is 2.41 bits per heavy atom. The van der Waals surface area contributed by atoms with E-state index in [1.54, 1.807) is 4.68 Å². The molecule has 5 rings (SSSR count). The van der Waals surface area contributed by atoms with Crippen LogP contribution in [0, 0.1) is 6.92 Å². The summed E-state index contributed by atoms with van der Waals surface area (Å²) in [5.41, 5.74) is 5.83. The molecule has 0 aliphatic carbocycles. The third-order valence-corrected chi connectivity index (χ3v) is 5.56. The average Bonchev–Trinajstić information content (AvgIpc) is 3.52. The summed E-state index contributed by atoms with van der Waals surface area (Å²) in [6.45, 7) is 2.62. The second kappa shape index (κ2) is 9.50. The summed E-state index contributed by atoms with van der Waals surface area (Å²) in [6.07, 6.45) is 1.77. The Kier molecular flexibility index (Phi) is 5.94. The molecule has 0 fully saturated rings. The molecule has 0 spiro atoms. The molecule has 0 aliphatic heterocycles. The van der Waals surface area contributed by atoms with Gasteiger partial charge in [0.15, 0.2) is 0 Å². The molecule has 8 heteroatoms. The Hall–Kier alpha value is -4.59. The van der Waals surface area contributed by atoms with Crippen molar-refractivity contribution in [2.75, 3.05) is 5.32 Å². The zero-order valence-corrected chi connectivity index (χ0v) is 18.7. The van der Waals surface area contributed by atoms with Gasteiger partial charge in [-0.25, -0.2) is 9.36 Å². The predicted octanol–water partition coefficient (Wildman–Crippen LogP) is 4.06. The lowest BCUT2D eigenvalue weighted by Crippen LogP contribution is -2.18. The van der Waals surface area contributed by atoms with Crippen LogP contribution in [0.4, 0.5) is 5.82 Å². The van der Waals surface area contributed by atoms with Gasteiger partial charge >= 0.3 is 0 Å². The minimum atomic E-state index is -0.110. The van der Waals surface area contributed by atoms with Crippen LogP contribution in [0.3, 0.4) is 0 Å². The van der Waals surface area contributed by atoms with E-state index in [9.17, 15) is 4.79 Å². The third kappa shape index (κ3) is 4.75. The molecule has 0 radical (unpaired) electrons. The van der Waals surface area contributed by atoms with E-state index in [1.165, 1.54) is 6.33 Å². The van der Waals surface area contributed by atoms with Crippen molar-refractivity contribution in [2.45, 2.75) is 19.9 Å². The second-order valence-corrected chi connectivity index (χ2v) is 8.02. The Morgan fingerprint density at radius 2 is 1.68 bits per heavy atom. The minimum absolute atomic E-state index is 0.110. The molecule has 34 heavy (non-hydrogen) atoms. The first-order valence-corrected chi connectivity index (χ1v) is 11.0. The molecule has 0 atom stereocenters. The van der Waals surface area contributed by atoms with Crippen LogP contribution in [0.2, 0.25) is 0 Å². The van der Waals surface area contributed by atoms with Crippen LogP contribution >= 0.6 is 0 Å². The number of hydrogen-bond acceptors (Lipinski definition) is 5. The highest BCUT2D eigenvalue weighted by molar-refractivity contribution is 5.92. The van der Waals surface area contributed by atoms with Crippen LogP contribution in [0.25, 0.3) is 16.9 Å². The van der Waals surface area contributed by atoms with Crippen molar-refractivity contribution in [1.82, 2.24) is 30.0 Å². The van der Waals surface area contributed by atoms with Gasteiger partial charge in [-0.15, -0.1) is 5.10 Å². The minimum Gasteiger partial charge on any atom is -0.311 e. The number of nitrogens with one attached hydrogen (secondary N) is 1. The van der Waals surface area contributed by atoms with Gasteiger partial charge in [-0.3, -0.25) is 4.79 Å². The van der Waals surface area contributed by atoms with Gasteiger partial charge in [0.1, 0.15) is 12.1 Å². The van der Waals surface area contributed by atoms with E-state index in [2.05, 4.69) is 33.8 Å². The first-order chi connectivity index (χ1) is 16.7. The van der Waals surface area contributed by atoms with Gasteiger partial charge in [0.2, 0.25) is 5.91 Å². The molecule has 0 unspecified atom stereocenters. The van der Waals surface area contributed by atoms with Crippen LogP contribution in [0.1, 0.15) is 16.7 Å². The highest BCUT2D eigenvalue weighted by atomic mass is 16.1. The summed E-state index contributed by atoms with van der Waals surface area (Å²) >= 11 is 0. The van der Waals surface area contributed by atoms with E-state index in [1.807, 2.05) is 83.5 Å². The number of carbonyl (C=O) groups excluding carboxylic acids is 1. The number of rotatable bonds is 7. The first-order valence-electron chi connectivity index (χ1n) is 11.0. The number of aryl methyl sites for hydroxylation is 1. The quantitative estimate of drug-likeness (QED) is 0.405. The molecule has 5 aromatic rings. The highest BCUT2D eigenvalue weighted by Crippen LogP contribution is 2.26. The lowest BCUT2D eigenvalue weighted by atomic mass is 10.1. The maximum Gasteiger partial charge on any atom is 0.229 e. The largest absolute Gasteiger partial charge is 0.311 e. The lowest BCUT2D eigenvalue weighted by Gasteiger charge is -2.09. The van der Waals surface area contributed by atoms with E-state index in [0.29, 0.717) is 12.4 Å². The number of amides is 1. The van der Waals surface area contributed by atoms with Gasteiger partial charge < -0.3 is 5.32 Å². The van der Waals surface area contributed by atoms with Crippen molar-refractivity contribution in [3.05, 3.63) is 108 Å². The van der Waals surface area contributed by atoms with E-state index >= 15 is 0 Å². The van der Waals surface area contributed by atoms with Crippen molar-refractivity contribution in [3.63, 3.8) is 0 Å². The topological polar surface area (TPSA) is 90.5 Å². The molecule has 0 saturated heterocycles. The Morgan fingerprint density at radius 1 is 0.912 bits per heavy atom. The zero-order valence-electron chi connectivity index (χ0n) is 18.7. The van der Waals surface area contributed by atoms with Crippen LogP contribution in [0.15, 0.2) is 91.3 Å². The normalized spacial score (nSPS) is 10.9. The first kappa shape index (κ1) is 21.3. The molecule has 1 amide bonds. The monoisotopic (exact) mass is 449 g/mol. The van der Waals surface area contributed by atoms with E-state index in [-0.39, 0.29) is 12.3 Å². The number of hydrogen-bond donors (Lipinski definition) is 1. The molecule has 168 valence electrons. The molecular formula is C26H23N7O. The second-order valence-electron chi connectivity index (χ2n) is 8.02. The fourth-order valence-electron chi connectivity index (χ4n) is 3.80. The summed E-state index contributed by atoms with van der Waals surface area (Å²) in [5.74, 6) is 0.554. The number of aromatic nitrogens is 6. The van der Waals surface area contributed by atoms with Gasteiger partial charge in [-0.2, -0.15) is 5.10 Å². The number of anilines is 1. The van der Waals surface area contributed by atoms with Gasteiger partial charge in [0.05, 0.1) is 24.3 Å². The SMILES string of the molecule is Cc1ccccc1-c1cc(NC(=O)Cc2ccc(-n3cnnn3)cc2)n(Cc2ccccc2)n1. The average molecular weight is 450 g/mol. The van der Waals surface area contributed by atoms with Crippen LogP contribution in [-0.4, -0.2) is 35.9 Å². The Bertz CT molecular complexity index is 1390. The molecule has 3 aromatic carbocycles. The highest BCUT2D eigenvalue weighted by Gasteiger charge is 2.14. The van der Waals surface area contributed by atoms with E-state index in [4.69, 9.17) is 5.10 Å². The number of nitrogens with zero attached hydrogens (tertiary/aromatic N) is 6. The molecule has 0 aliphatic rings. The predicted molar refractivity (Wildman–Crippen MR) is 129 cm³/mol. The molecule has 0 saturated carbocycles. The summed E-state index contributed by atoms with van der Waals surface area (Å²) in [6, 6.07) is 27.7. The van der Waals surface area contributed by atoms with Crippen molar-refractivity contribution in [3.8, 4) is 16.9 Å². The lowest BCUT2D eigenvalue weighted by molar-refractivity contribution is -0.115. The Labute approximate surface area is 196 Å². The molecule has 2 heterocycles. The van der Waals surface area contributed by atoms with Gasteiger partial charge in [-0.05, 0) is 46.2 Å². The fraction of sp³-hybridized carbons (Fsp3) is 0.115. The summed E-state index contributed by atoms with van der Waals surface area (Å²) in [4.78, 5) is 12.9. The van der Waals surface area contributed by atoms with Crippen molar-refractivity contribution < 1.29 is 4.79 Å². The molecular weight excluding hydrogens is 426 g/mol. The van der Waals surface area contributed by atoms with Gasteiger partial charge in [0, 0.05) is 11.6 Å². The zero-order chi connectivity index (χ0) is 23.3. The number of carbonyl (C=O) groups is 1. The maximum absolute atomic E-state index is 12.9. The molecule has 0 bridgehead atoms. The van der Waals surface area contributed by atoms with Crippen molar-refractivity contribution in [2.24, 2.45) is 0 Å². The third-order valence-electron chi connectivity index (χ3n) is 5.56. The summed E-state index contributed by atoms with van der Waals surface area (Å²) in [5, 5.41) is 19.0. The Balaban J connectivity index is 1.37. The van der Waals surface area contributed by atoms with Crippen LogP contribution < -0.4 is 5.32 Å². The van der Waals surface area contributed by atoms with Crippen molar-refractivity contribution in [1.29, 1.82) is 0 Å². The molecule has 1 N–H and O–H groups in total. The van der Waals surface area contributed by atoms with E-state index < -0.39 is 0 Å². The van der Waals surface area contributed by atoms with Crippen molar-refractivity contribution >= 4 is 11.7 Å². The molecule has 8 nitrogen and oxygen atoms in total. The van der Waals surface area contributed by atoms with Gasteiger partial charge in [-0.1, -0.05) is 66.7 Å². The van der Waals surface area contributed by atoms with Gasteiger partial charge in [0.25, 0.3) is 0 Å². The molecule has 2 aromatic heterocycles. The van der Waals surface area contributed by atoms with Crippen LogP contribution in [-0.2, 0) is 17.8 Å². The summed E-state index contributed by atoms with van der Waals surface area (Å²) in [7, 11) is 0. The number of tetrazole rings is 1. The standard InChI is InChI=1S/C26H23N7O/c1-19-7-5-6-10-23(19)24-16-25(32(29-24)17-21-8-3-2-4-9-21)28-26(34)15-20-11-13-22(14-12-20)33-18-27-30-31-33/h2-14,16,18H,15,17H2,1H3,(H,28,34). The fourth-order valence-corrected chi connectivity index (χ4v) is 3.80. The summed E-state index contributed by atoms with van der Waals surface area (Å²) < 4.78 is 3.41. The number of benzene rings is 3. The maximum atomic E-state index is 12.9. The van der Waals surface area contributed by atoms with E-state index in [0.717, 1.165) is 33.6 Å². The smallest absolute Gasteiger partial charge is 0.229 e. The van der Waals surface area contributed by atoms with Crippen LogP contribution in [0.5, 0.6) is 0 Å².